The molecule has 0 spiro atoms. The minimum atomic E-state index is -3.56. The highest BCUT2D eigenvalue weighted by Crippen LogP contribution is 2.24. The second-order valence-electron chi connectivity index (χ2n) is 5.24. The van der Waals surface area contributed by atoms with E-state index in [4.69, 9.17) is 11.6 Å². The van der Waals surface area contributed by atoms with Gasteiger partial charge in [-0.1, -0.05) is 55.8 Å². The second-order valence-corrected chi connectivity index (χ2v) is 7.25. The lowest BCUT2D eigenvalue weighted by molar-refractivity contribution is 0.609. The highest BCUT2D eigenvalue weighted by Gasteiger charge is 2.11. The molecule has 22 heavy (non-hydrogen) atoms. The molecule has 5 heteroatoms. The molecule has 0 aliphatic rings. The van der Waals surface area contributed by atoms with Crippen molar-refractivity contribution in [2.75, 3.05) is 4.72 Å². The number of halogens is 1. The first-order chi connectivity index (χ1) is 10.4. The van der Waals surface area contributed by atoms with E-state index in [0.29, 0.717) is 10.7 Å². The van der Waals surface area contributed by atoms with E-state index >= 15 is 0 Å². The number of hydrogen-bond acceptors (Lipinski definition) is 2. The Hall–Kier alpha value is -1.78. The molecule has 0 amide bonds. The summed E-state index contributed by atoms with van der Waals surface area (Å²) in [5.74, 6) is 0.235. The minimum absolute atomic E-state index is 0.235. The lowest BCUT2D eigenvalue weighted by Crippen LogP contribution is -2.11. The predicted molar refractivity (Wildman–Crippen MR) is 93.6 cm³/mol. The molecule has 0 aromatic heterocycles. The molecule has 0 unspecified atom stereocenters. The summed E-state index contributed by atoms with van der Waals surface area (Å²) < 4.78 is 27.0. The Morgan fingerprint density at radius 3 is 2.32 bits per heavy atom. The first-order valence-corrected chi connectivity index (χ1v) is 8.85. The lowest BCUT2D eigenvalue weighted by atomic mass is 10.0. The standard InChI is InChI=1S/C17H18ClNO2S/c1-13(2)16-5-3-4-6-17(16)19-22(20,21)12-11-14-7-9-15(18)10-8-14/h3-13,19H,1-2H3. The van der Waals surface area contributed by atoms with Gasteiger partial charge in [-0.05, 0) is 41.3 Å². The summed E-state index contributed by atoms with van der Waals surface area (Å²) in [7, 11) is -3.56. The van der Waals surface area contributed by atoms with Gasteiger partial charge in [-0.2, -0.15) is 0 Å². The number of para-hydroxylation sites is 1. The molecule has 2 rings (SSSR count). The predicted octanol–water partition coefficient (Wildman–Crippen LogP) is 4.88. The molecule has 0 bridgehead atoms. The Morgan fingerprint density at radius 1 is 1.05 bits per heavy atom. The molecule has 0 atom stereocenters. The van der Waals surface area contributed by atoms with Gasteiger partial charge in [0, 0.05) is 5.02 Å². The maximum Gasteiger partial charge on any atom is 0.255 e. The molecule has 1 N–H and O–H groups in total. The van der Waals surface area contributed by atoms with Crippen molar-refractivity contribution in [1.29, 1.82) is 0 Å². The van der Waals surface area contributed by atoms with Crippen molar-refractivity contribution in [2.45, 2.75) is 19.8 Å². The maximum absolute atomic E-state index is 12.2. The van der Waals surface area contributed by atoms with E-state index in [1.165, 1.54) is 6.08 Å². The normalized spacial score (nSPS) is 12.0. The van der Waals surface area contributed by atoms with E-state index in [0.717, 1.165) is 16.5 Å². The van der Waals surface area contributed by atoms with Gasteiger partial charge in [-0.15, -0.1) is 0 Å². The molecule has 3 nitrogen and oxygen atoms in total. The van der Waals surface area contributed by atoms with Crippen LogP contribution in [-0.4, -0.2) is 8.42 Å². The van der Waals surface area contributed by atoms with E-state index in [1.807, 2.05) is 32.0 Å². The van der Waals surface area contributed by atoms with Gasteiger partial charge in [0.05, 0.1) is 11.1 Å². The summed E-state index contributed by atoms with van der Waals surface area (Å²) >= 11 is 5.80. The van der Waals surface area contributed by atoms with Crippen molar-refractivity contribution >= 4 is 33.4 Å². The number of hydrogen-bond donors (Lipinski definition) is 1. The third kappa shape index (κ3) is 4.61. The molecule has 2 aromatic carbocycles. The van der Waals surface area contributed by atoms with Crippen molar-refractivity contribution in [3.63, 3.8) is 0 Å². The number of nitrogens with one attached hydrogen (secondary N) is 1. The molecule has 0 saturated carbocycles. The fourth-order valence-electron chi connectivity index (χ4n) is 2.02. The van der Waals surface area contributed by atoms with Crippen molar-refractivity contribution in [2.24, 2.45) is 0 Å². The molecule has 0 heterocycles. The van der Waals surface area contributed by atoms with Crippen LogP contribution in [0.25, 0.3) is 6.08 Å². The molecule has 2 aromatic rings. The molecule has 0 saturated heterocycles. The van der Waals surface area contributed by atoms with Crippen LogP contribution < -0.4 is 4.72 Å². The van der Waals surface area contributed by atoms with Gasteiger partial charge in [0.15, 0.2) is 0 Å². The molecule has 0 radical (unpaired) electrons. The molecule has 0 aliphatic carbocycles. The fraction of sp³-hybridized carbons (Fsp3) is 0.176. The van der Waals surface area contributed by atoms with Crippen LogP contribution in [0.4, 0.5) is 5.69 Å². The van der Waals surface area contributed by atoms with Crippen molar-refractivity contribution in [3.05, 3.63) is 70.1 Å². The SMILES string of the molecule is CC(C)c1ccccc1NS(=O)(=O)C=Cc1ccc(Cl)cc1. The summed E-state index contributed by atoms with van der Waals surface area (Å²) in [5, 5.41) is 1.77. The first-order valence-electron chi connectivity index (χ1n) is 6.93. The summed E-state index contributed by atoms with van der Waals surface area (Å²) in [6, 6.07) is 14.4. The van der Waals surface area contributed by atoms with Gasteiger partial charge in [-0.3, -0.25) is 4.72 Å². The maximum atomic E-state index is 12.2. The molecule has 116 valence electrons. The smallest absolute Gasteiger partial charge is 0.255 e. The quantitative estimate of drug-likeness (QED) is 0.846. The van der Waals surface area contributed by atoms with Crippen LogP contribution in [0, 0.1) is 0 Å². The highest BCUT2D eigenvalue weighted by molar-refractivity contribution is 7.95. The van der Waals surface area contributed by atoms with Crippen LogP contribution in [0.1, 0.15) is 30.9 Å². The van der Waals surface area contributed by atoms with Crippen LogP contribution in [0.3, 0.4) is 0 Å². The monoisotopic (exact) mass is 335 g/mol. The molecular formula is C17H18ClNO2S. The summed E-state index contributed by atoms with van der Waals surface area (Å²) in [6.45, 7) is 4.05. The largest absolute Gasteiger partial charge is 0.280 e. The molecule has 0 fully saturated rings. The third-order valence-corrected chi connectivity index (χ3v) is 4.40. The number of anilines is 1. The third-order valence-electron chi connectivity index (χ3n) is 3.14. The lowest BCUT2D eigenvalue weighted by Gasteiger charge is -2.13. The van der Waals surface area contributed by atoms with Crippen molar-refractivity contribution < 1.29 is 8.42 Å². The molecular weight excluding hydrogens is 318 g/mol. The highest BCUT2D eigenvalue weighted by atomic mass is 35.5. The van der Waals surface area contributed by atoms with Gasteiger partial charge in [-0.25, -0.2) is 8.42 Å². The zero-order chi connectivity index (χ0) is 16.2. The zero-order valence-electron chi connectivity index (χ0n) is 12.5. The van der Waals surface area contributed by atoms with E-state index in [-0.39, 0.29) is 5.92 Å². The Bertz CT molecular complexity index is 766. The Labute approximate surface area is 136 Å². The van der Waals surface area contributed by atoms with E-state index in [2.05, 4.69) is 4.72 Å². The first kappa shape index (κ1) is 16.6. The average molecular weight is 336 g/mol. The van der Waals surface area contributed by atoms with Crippen LogP contribution in [0.15, 0.2) is 53.9 Å². The fourth-order valence-corrected chi connectivity index (χ4v) is 3.05. The topological polar surface area (TPSA) is 46.2 Å². The van der Waals surface area contributed by atoms with Gasteiger partial charge in [0.2, 0.25) is 0 Å². The van der Waals surface area contributed by atoms with Crippen LogP contribution in [-0.2, 0) is 10.0 Å². The Morgan fingerprint density at radius 2 is 1.68 bits per heavy atom. The van der Waals surface area contributed by atoms with E-state index in [9.17, 15) is 8.42 Å². The van der Waals surface area contributed by atoms with Crippen molar-refractivity contribution in [3.8, 4) is 0 Å². The van der Waals surface area contributed by atoms with Gasteiger partial charge < -0.3 is 0 Å². The average Bonchev–Trinajstić information content (AvgIpc) is 2.46. The number of sulfonamides is 1. The minimum Gasteiger partial charge on any atom is -0.280 e. The molecule has 0 aliphatic heterocycles. The second kappa shape index (κ2) is 6.99. The Kier molecular flexibility index (Phi) is 5.27. The Balaban J connectivity index is 2.20. The number of rotatable bonds is 5. The van der Waals surface area contributed by atoms with E-state index in [1.54, 1.807) is 30.3 Å². The van der Waals surface area contributed by atoms with E-state index < -0.39 is 10.0 Å². The summed E-state index contributed by atoms with van der Waals surface area (Å²) in [6.07, 6.45) is 1.54. The van der Waals surface area contributed by atoms with Gasteiger partial charge >= 0.3 is 0 Å². The van der Waals surface area contributed by atoms with Gasteiger partial charge in [0.1, 0.15) is 0 Å². The summed E-state index contributed by atoms with van der Waals surface area (Å²) in [4.78, 5) is 0. The van der Waals surface area contributed by atoms with Crippen molar-refractivity contribution in [1.82, 2.24) is 0 Å². The summed E-state index contributed by atoms with van der Waals surface area (Å²) in [5.41, 5.74) is 2.34. The van der Waals surface area contributed by atoms with Gasteiger partial charge in [0.25, 0.3) is 10.0 Å². The van der Waals surface area contributed by atoms with Crippen LogP contribution >= 0.6 is 11.6 Å². The van der Waals surface area contributed by atoms with Crippen LogP contribution in [0.2, 0.25) is 5.02 Å². The van der Waals surface area contributed by atoms with Crippen LogP contribution in [0.5, 0.6) is 0 Å². The number of benzene rings is 2. The zero-order valence-corrected chi connectivity index (χ0v) is 14.0.